The molecule has 0 saturated carbocycles. The van der Waals surface area contributed by atoms with Crippen molar-refractivity contribution in [2.75, 3.05) is 6.54 Å². The van der Waals surface area contributed by atoms with Crippen molar-refractivity contribution in [3.63, 3.8) is 0 Å². The number of aliphatic carboxylic acids is 1. The first-order chi connectivity index (χ1) is 16.9. The van der Waals surface area contributed by atoms with Crippen molar-refractivity contribution in [3.8, 4) is 0 Å². The molecule has 9 heteroatoms. The Labute approximate surface area is 204 Å². The molecule has 3 atom stereocenters. The number of carboxylic acid groups (broad SMARTS) is 1. The van der Waals surface area contributed by atoms with Crippen LogP contribution in [0.1, 0.15) is 30.4 Å². The Balaban J connectivity index is 1.66. The summed E-state index contributed by atoms with van der Waals surface area (Å²) in [4.78, 5) is 40.9. The second-order valence-electron chi connectivity index (χ2n) is 8.60. The molecule has 0 aliphatic carbocycles. The molecule has 0 saturated heterocycles. The summed E-state index contributed by atoms with van der Waals surface area (Å²) in [5.41, 5.74) is 14.4. The summed E-state index contributed by atoms with van der Waals surface area (Å²) in [5.74, 6) is -2.18. The van der Waals surface area contributed by atoms with Gasteiger partial charge in [-0.2, -0.15) is 0 Å². The summed E-state index contributed by atoms with van der Waals surface area (Å²) in [5, 5.41) is 15.9. The summed E-state index contributed by atoms with van der Waals surface area (Å²) in [6.07, 6.45) is 3.84. The molecule has 2 aromatic carbocycles. The van der Waals surface area contributed by atoms with Crippen molar-refractivity contribution in [1.29, 1.82) is 0 Å². The molecule has 3 unspecified atom stereocenters. The predicted molar refractivity (Wildman–Crippen MR) is 135 cm³/mol. The highest BCUT2D eigenvalue weighted by Crippen LogP contribution is 2.19. The number of nitrogens with one attached hydrogen (secondary N) is 3. The molecule has 35 heavy (non-hydrogen) atoms. The fraction of sp³-hybridized carbons (Fsp3) is 0.346. The van der Waals surface area contributed by atoms with E-state index < -0.39 is 35.9 Å². The molecule has 0 aliphatic heterocycles. The monoisotopic (exact) mass is 479 g/mol. The Kier molecular flexibility index (Phi) is 9.39. The molecule has 3 aromatic rings. The van der Waals surface area contributed by atoms with Crippen LogP contribution in [0, 0.1) is 0 Å². The number of benzene rings is 2. The molecule has 9 nitrogen and oxygen atoms in total. The number of rotatable bonds is 13. The van der Waals surface area contributed by atoms with E-state index in [1.165, 1.54) is 0 Å². The van der Waals surface area contributed by atoms with Gasteiger partial charge in [-0.1, -0.05) is 48.5 Å². The van der Waals surface area contributed by atoms with Gasteiger partial charge in [-0.05, 0) is 49.4 Å². The van der Waals surface area contributed by atoms with Gasteiger partial charge in [0.1, 0.15) is 12.1 Å². The first-order valence-corrected chi connectivity index (χ1v) is 11.8. The highest BCUT2D eigenvalue weighted by atomic mass is 16.4. The minimum absolute atomic E-state index is 0.130. The maximum atomic E-state index is 13.0. The van der Waals surface area contributed by atoms with E-state index in [1.54, 1.807) is 24.3 Å². The number of para-hydroxylation sites is 1. The number of carbonyl (C=O) groups excluding carboxylic acids is 2. The van der Waals surface area contributed by atoms with Gasteiger partial charge in [-0.15, -0.1) is 0 Å². The van der Waals surface area contributed by atoms with Gasteiger partial charge in [0.15, 0.2) is 0 Å². The molecular weight excluding hydrogens is 446 g/mol. The van der Waals surface area contributed by atoms with E-state index in [0.29, 0.717) is 32.2 Å². The average molecular weight is 480 g/mol. The van der Waals surface area contributed by atoms with Crippen LogP contribution in [0.3, 0.4) is 0 Å². The van der Waals surface area contributed by atoms with Crippen molar-refractivity contribution in [3.05, 3.63) is 71.9 Å². The minimum atomic E-state index is -1.15. The SMILES string of the molecule is NCCCCC(NC(=O)C(N)Cc1c[nH]c2ccccc12)C(=O)NC(Cc1ccccc1)C(=O)O. The number of carboxylic acids is 1. The molecular formula is C26H33N5O4. The normalized spacial score (nSPS) is 13.7. The number of nitrogens with two attached hydrogens (primary N) is 2. The van der Waals surface area contributed by atoms with Crippen LogP contribution in [-0.2, 0) is 27.2 Å². The highest BCUT2D eigenvalue weighted by molar-refractivity contribution is 5.92. The molecule has 0 spiro atoms. The molecule has 186 valence electrons. The smallest absolute Gasteiger partial charge is 0.326 e. The lowest BCUT2D eigenvalue weighted by atomic mass is 10.0. The van der Waals surface area contributed by atoms with Crippen molar-refractivity contribution in [2.45, 2.75) is 50.2 Å². The van der Waals surface area contributed by atoms with Gasteiger partial charge in [0.2, 0.25) is 11.8 Å². The lowest BCUT2D eigenvalue weighted by molar-refractivity contribution is -0.142. The second-order valence-corrected chi connectivity index (χ2v) is 8.60. The van der Waals surface area contributed by atoms with E-state index in [-0.39, 0.29) is 6.42 Å². The van der Waals surface area contributed by atoms with Crippen LogP contribution < -0.4 is 22.1 Å². The van der Waals surface area contributed by atoms with Crippen LogP contribution >= 0.6 is 0 Å². The zero-order chi connectivity index (χ0) is 25.2. The first kappa shape index (κ1) is 25.9. The topological polar surface area (TPSA) is 163 Å². The standard InChI is InChI=1S/C26H33N5O4/c27-13-7-6-12-22(25(33)31-23(26(34)35)14-17-8-2-1-3-9-17)30-24(32)20(28)15-18-16-29-21-11-5-4-10-19(18)21/h1-5,8-11,16,20,22-23,29H,6-7,12-15,27-28H2,(H,30,32)(H,31,33)(H,34,35). The Bertz CT molecular complexity index is 1130. The molecule has 0 radical (unpaired) electrons. The molecule has 1 aromatic heterocycles. The van der Waals surface area contributed by atoms with Crippen LogP contribution in [0.25, 0.3) is 10.9 Å². The van der Waals surface area contributed by atoms with Crippen molar-refractivity contribution < 1.29 is 19.5 Å². The van der Waals surface area contributed by atoms with Gasteiger partial charge in [0.05, 0.1) is 6.04 Å². The largest absolute Gasteiger partial charge is 0.480 e. The van der Waals surface area contributed by atoms with Gasteiger partial charge in [-0.3, -0.25) is 9.59 Å². The third kappa shape index (κ3) is 7.40. The summed E-state index contributed by atoms with van der Waals surface area (Å²) in [6.45, 7) is 0.453. The molecule has 0 bridgehead atoms. The van der Waals surface area contributed by atoms with E-state index in [4.69, 9.17) is 11.5 Å². The molecule has 2 amide bonds. The minimum Gasteiger partial charge on any atom is -0.480 e. The second kappa shape index (κ2) is 12.7. The van der Waals surface area contributed by atoms with E-state index in [9.17, 15) is 19.5 Å². The molecule has 1 heterocycles. The van der Waals surface area contributed by atoms with Crippen LogP contribution in [0.5, 0.6) is 0 Å². The maximum Gasteiger partial charge on any atom is 0.326 e. The number of unbranched alkanes of at least 4 members (excludes halogenated alkanes) is 1. The summed E-state index contributed by atoms with van der Waals surface area (Å²) in [7, 11) is 0. The van der Waals surface area contributed by atoms with Crippen LogP contribution in [0.4, 0.5) is 0 Å². The lowest BCUT2D eigenvalue weighted by Gasteiger charge is -2.23. The number of aromatic nitrogens is 1. The van der Waals surface area contributed by atoms with E-state index in [0.717, 1.165) is 22.0 Å². The third-order valence-electron chi connectivity index (χ3n) is 5.93. The number of hydrogen-bond donors (Lipinski definition) is 6. The number of aromatic amines is 1. The van der Waals surface area contributed by atoms with Crippen LogP contribution in [0.15, 0.2) is 60.8 Å². The Morgan fingerprint density at radius 2 is 1.57 bits per heavy atom. The zero-order valence-corrected chi connectivity index (χ0v) is 19.6. The number of hydrogen-bond acceptors (Lipinski definition) is 5. The number of H-pyrrole nitrogens is 1. The van der Waals surface area contributed by atoms with E-state index in [1.807, 2.05) is 36.5 Å². The predicted octanol–water partition coefficient (Wildman–Crippen LogP) is 1.46. The fourth-order valence-electron chi connectivity index (χ4n) is 3.99. The molecule has 0 aliphatic rings. The number of carbonyl (C=O) groups is 3. The van der Waals surface area contributed by atoms with Crippen LogP contribution in [-0.4, -0.2) is 52.5 Å². The van der Waals surface area contributed by atoms with Gasteiger partial charge >= 0.3 is 5.97 Å². The number of fused-ring (bicyclic) bond motifs is 1. The first-order valence-electron chi connectivity index (χ1n) is 11.8. The van der Waals surface area contributed by atoms with Gasteiger partial charge < -0.3 is 32.2 Å². The van der Waals surface area contributed by atoms with E-state index >= 15 is 0 Å². The third-order valence-corrected chi connectivity index (χ3v) is 5.93. The van der Waals surface area contributed by atoms with Gasteiger partial charge in [0.25, 0.3) is 0 Å². The maximum absolute atomic E-state index is 13.0. The highest BCUT2D eigenvalue weighted by Gasteiger charge is 2.28. The Morgan fingerprint density at radius 3 is 2.29 bits per heavy atom. The summed E-state index contributed by atoms with van der Waals surface area (Å²) in [6, 6.07) is 13.8. The fourth-order valence-corrected chi connectivity index (χ4v) is 3.99. The van der Waals surface area contributed by atoms with Gasteiger partial charge in [0, 0.05) is 23.5 Å². The summed E-state index contributed by atoms with van der Waals surface area (Å²) < 4.78 is 0. The molecule has 0 fully saturated rings. The van der Waals surface area contributed by atoms with Crippen molar-refractivity contribution in [2.24, 2.45) is 11.5 Å². The summed E-state index contributed by atoms with van der Waals surface area (Å²) >= 11 is 0. The van der Waals surface area contributed by atoms with Gasteiger partial charge in [-0.25, -0.2) is 4.79 Å². The Morgan fingerprint density at radius 1 is 0.886 bits per heavy atom. The lowest BCUT2D eigenvalue weighted by Crippen LogP contribution is -2.55. The molecule has 8 N–H and O–H groups in total. The van der Waals surface area contributed by atoms with Crippen LogP contribution in [0.2, 0.25) is 0 Å². The quantitative estimate of drug-likeness (QED) is 0.203. The van der Waals surface area contributed by atoms with E-state index in [2.05, 4.69) is 15.6 Å². The van der Waals surface area contributed by atoms with Crippen molar-refractivity contribution in [1.82, 2.24) is 15.6 Å². The van der Waals surface area contributed by atoms with Crippen molar-refractivity contribution >= 4 is 28.7 Å². The molecule has 3 rings (SSSR count). The zero-order valence-electron chi connectivity index (χ0n) is 19.6. The number of amides is 2. The Hall–Kier alpha value is -3.69. The average Bonchev–Trinajstić information content (AvgIpc) is 3.26.